The van der Waals surface area contributed by atoms with Gasteiger partial charge >= 0.3 is 0 Å². The smallest absolute Gasteiger partial charge is 0.156 e. The molecule has 0 aliphatic carbocycles. The maximum atomic E-state index is 10.7. The lowest BCUT2D eigenvalue weighted by Crippen LogP contribution is -2.75. The summed E-state index contributed by atoms with van der Waals surface area (Å²) >= 11 is 0. The molecule has 17 heavy (non-hydrogen) atoms. The van der Waals surface area contributed by atoms with Gasteiger partial charge in [-0.15, -0.1) is 0 Å². The highest BCUT2D eigenvalue weighted by Crippen LogP contribution is 2.04. The Balaban J connectivity index is 2.63. The van der Waals surface area contributed by atoms with E-state index in [2.05, 4.69) is 5.73 Å². The van der Waals surface area contributed by atoms with Gasteiger partial charge < -0.3 is 30.3 Å². The first kappa shape index (κ1) is 13.1. The fourth-order valence-corrected chi connectivity index (χ4v) is 1.23. The van der Waals surface area contributed by atoms with E-state index >= 15 is 0 Å². The molecular weight excluding hydrogens is 226 g/mol. The van der Waals surface area contributed by atoms with Crippen LogP contribution in [0, 0.1) is 0 Å². The number of carboxylic acids is 2. The normalized spacial score (nSPS) is 13.9. The summed E-state index contributed by atoms with van der Waals surface area (Å²) in [6.45, 7) is -0.0290. The van der Waals surface area contributed by atoms with Gasteiger partial charge in [0, 0.05) is 0 Å². The highest BCUT2D eigenvalue weighted by atomic mass is 16.5. The average molecular weight is 238 g/mol. The van der Waals surface area contributed by atoms with E-state index in [4.69, 9.17) is 4.74 Å². The highest BCUT2D eigenvalue weighted by molar-refractivity contribution is 5.80. The van der Waals surface area contributed by atoms with Crippen LogP contribution in [0.1, 0.15) is 5.56 Å². The SMILES string of the molecule is [NH3+][C@H](C(=O)[O-])[C@H](OCc1ccccc1)C(=O)[O-]. The second-order valence-corrected chi connectivity index (χ2v) is 3.46. The Labute approximate surface area is 97.6 Å². The Morgan fingerprint density at radius 2 is 1.76 bits per heavy atom. The van der Waals surface area contributed by atoms with Crippen LogP contribution in [0.2, 0.25) is 0 Å². The molecule has 0 unspecified atom stereocenters. The van der Waals surface area contributed by atoms with Gasteiger partial charge in [0.1, 0.15) is 5.97 Å². The van der Waals surface area contributed by atoms with Crippen LogP contribution >= 0.6 is 0 Å². The number of carbonyl (C=O) groups excluding carboxylic acids is 2. The zero-order chi connectivity index (χ0) is 12.8. The molecule has 0 spiro atoms. The molecule has 0 aliphatic rings. The Kier molecular flexibility index (Phi) is 4.62. The third-order valence-corrected chi connectivity index (χ3v) is 2.17. The van der Waals surface area contributed by atoms with Crippen molar-refractivity contribution in [1.82, 2.24) is 0 Å². The first-order valence-electron chi connectivity index (χ1n) is 4.92. The van der Waals surface area contributed by atoms with Crippen LogP contribution in [0.3, 0.4) is 0 Å². The van der Waals surface area contributed by atoms with E-state index < -0.39 is 24.1 Å². The molecule has 0 aromatic heterocycles. The summed E-state index contributed by atoms with van der Waals surface area (Å²) in [6.07, 6.45) is -1.62. The topological polar surface area (TPSA) is 117 Å². The van der Waals surface area contributed by atoms with Gasteiger partial charge in [0.05, 0.1) is 12.6 Å². The lowest BCUT2D eigenvalue weighted by molar-refractivity contribution is -0.456. The van der Waals surface area contributed by atoms with E-state index in [1.807, 2.05) is 0 Å². The Morgan fingerprint density at radius 3 is 2.24 bits per heavy atom. The van der Waals surface area contributed by atoms with Gasteiger partial charge in [-0.1, -0.05) is 30.3 Å². The minimum absolute atomic E-state index is 0.0290. The summed E-state index contributed by atoms with van der Waals surface area (Å²) < 4.78 is 4.97. The second kappa shape index (κ2) is 5.97. The number of rotatable bonds is 6. The van der Waals surface area contributed by atoms with Crippen molar-refractivity contribution in [1.29, 1.82) is 0 Å². The number of hydrogen-bond acceptors (Lipinski definition) is 5. The maximum absolute atomic E-state index is 10.7. The van der Waals surface area contributed by atoms with Gasteiger partial charge in [0.25, 0.3) is 0 Å². The van der Waals surface area contributed by atoms with Crippen molar-refractivity contribution in [3.8, 4) is 0 Å². The molecule has 6 nitrogen and oxygen atoms in total. The van der Waals surface area contributed by atoms with Crippen molar-refractivity contribution in [3.05, 3.63) is 35.9 Å². The fraction of sp³-hybridized carbons (Fsp3) is 0.273. The predicted molar refractivity (Wildman–Crippen MR) is 51.7 cm³/mol. The van der Waals surface area contributed by atoms with E-state index in [1.54, 1.807) is 30.3 Å². The number of carbonyl (C=O) groups is 2. The minimum Gasteiger partial charge on any atom is -0.547 e. The van der Waals surface area contributed by atoms with Crippen LogP contribution in [0.5, 0.6) is 0 Å². The number of carboxylic acid groups (broad SMARTS) is 2. The molecule has 0 saturated carbocycles. The predicted octanol–water partition coefficient (Wildman–Crippen LogP) is -3.32. The van der Waals surface area contributed by atoms with Gasteiger partial charge in [0.15, 0.2) is 12.1 Å². The Morgan fingerprint density at radius 1 is 1.18 bits per heavy atom. The molecule has 0 amide bonds. The summed E-state index contributed by atoms with van der Waals surface area (Å²) in [5.41, 5.74) is 3.89. The molecule has 0 heterocycles. The van der Waals surface area contributed by atoms with Crippen molar-refractivity contribution >= 4 is 11.9 Å². The van der Waals surface area contributed by atoms with E-state index in [-0.39, 0.29) is 6.61 Å². The van der Waals surface area contributed by atoms with E-state index in [0.717, 1.165) is 5.56 Å². The largest absolute Gasteiger partial charge is 0.547 e. The number of benzene rings is 1. The van der Waals surface area contributed by atoms with E-state index in [0.29, 0.717) is 0 Å². The molecule has 6 heteroatoms. The van der Waals surface area contributed by atoms with Crippen LogP contribution in [-0.2, 0) is 20.9 Å². The monoisotopic (exact) mass is 238 g/mol. The minimum atomic E-state index is -1.62. The summed E-state index contributed by atoms with van der Waals surface area (Å²) in [5.74, 6) is -3.21. The second-order valence-electron chi connectivity index (χ2n) is 3.46. The van der Waals surface area contributed by atoms with Crippen molar-refractivity contribution in [2.45, 2.75) is 18.8 Å². The Hall–Kier alpha value is -1.92. The first-order valence-corrected chi connectivity index (χ1v) is 4.92. The Bertz CT molecular complexity index is 392. The quantitative estimate of drug-likeness (QED) is 0.556. The van der Waals surface area contributed by atoms with Gasteiger partial charge in [0.2, 0.25) is 0 Å². The molecule has 0 radical (unpaired) electrons. The molecule has 0 fully saturated rings. The molecular formula is C11H12NO5-. The number of hydrogen-bond donors (Lipinski definition) is 1. The molecule has 92 valence electrons. The maximum Gasteiger partial charge on any atom is 0.156 e. The van der Waals surface area contributed by atoms with Crippen LogP contribution in [-0.4, -0.2) is 24.1 Å². The fourth-order valence-electron chi connectivity index (χ4n) is 1.23. The molecule has 1 aromatic carbocycles. The molecule has 2 atom stereocenters. The zero-order valence-corrected chi connectivity index (χ0v) is 9.00. The number of aliphatic carboxylic acids is 2. The molecule has 0 aliphatic heterocycles. The summed E-state index contributed by atoms with van der Waals surface area (Å²) in [4.78, 5) is 21.2. The van der Waals surface area contributed by atoms with Crippen molar-refractivity contribution < 1.29 is 30.3 Å². The molecule has 0 saturated heterocycles. The number of ether oxygens (including phenoxy) is 1. The van der Waals surface area contributed by atoms with E-state index in [1.165, 1.54) is 0 Å². The molecule has 1 rings (SSSR count). The number of quaternary nitrogens is 1. The third-order valence-electron chi connectivity index (χ3n) is 2.17. The van der Waals surface area contributed by atoms with Gasteiger partial charge in [-0.2, -0.15) is 0 Å². The molecule has 0 bridgehead atoms. The van der Waals surface area contributed by atoms with Gasteiger partial charge in [-0.05, 0) is 5.56 Å². The summed E-state index contributed by atoms with van der Waals surface area (Å²) in [6, 6.07) is 7.25. The van der Waals surface area contributed by atoms with Crippen molar-refractivity contribution in [2.24, 2.45) is 0 Å². The highest BCUT2D eigenvalue weighted by Gasteiger charge is 2.24. The molecule has 1 aromatic rings. The summed E-state index contributed by atoms with van der Waals surface area (Å²) in [7, 11) is 0. The average Bonchev–Trinajstić information content (AvgIpc) is 2.29. The van der Waals surface area contributed by atoms with Crippen molar-refractivity contribution in [3.63, 3.8) is 0 Å². The van der Waals surface area contributed by atoms with Crippen LogP contribution in [0.4, 0.5) is 0 Å². The van der Waals surface area contributed by atoms with Gasteiger partial charge in [-0.3, -0.25) is 0 Å². The van der Waals surface area contributed by atoms with Crippen LogP contribution in [0.25, 0.3) is 0 Å². The van der Waals surface area contributed by atoms with Crippen LogP contribution < -0.4 is 15.9 Å². The summed E-state index contributed by atoms with van der Waals surface area (Å²) in [5, 5.41) is 21.2. The van der Waals surface area contributed by atoms with Crippen LogP contribution in [0.15, 0.2) is 30.3 Å². The first-order chi connectivity index (χ1) is 8.02. The standard InChI is InChI=1S/C11H13NO5/c12-8(10(13)14)9(11(15)16)17-6-7-4-2-1-3-5-7/h1-5,8-9H,6,12H2,(H,13,14)(H,15,16)/p-1/t8-,9-/m0/s1. The third kappa shape index (κ3) is 3.86. The lowest BCUT2D eigenvalue weighted by Gasteiger charge is -2.23. The molecule has 3 N–H and O–H groups in total. The van der Waals surface area contributed by atoms with E-state index in [9.17, 15) is 19.8 Å². The van der Waals surface area contributed by atoms with Gasteiger partial charge in [-0.25, -0.2) is 0 Å². The lowest BCUT2D eigenvalue weighted by atomic mass is 10.1. The van der Waals surface area contributed by atoms with Crippen molar-refractivity contribution in [2.75, 3.05) is 0 Å². The zero-order valence-electron chi connectivity index (χ0n) is 9.00.